The van der Waals surface area contributed by atoms with Crippen molar-refractivity contribution in [2.24, 2.45) is 16.1 Å². The summed E-state index contributed by atoms with van der Waals surface area (Å²) in [5.41, 5.74) is 7.13. The molecule has 0 aliphatic carbocycles. The molecule has 1 unspecified atom stereocenters. The Morgan fingerprint density at radius 3 is 2.27 bits per heavy atom. The van der Waals surface area contributed by atoms with Crippen LogP contribution in [-0.4, -0.2) is 17.2 Å². The van der Waals surface area contributed by atoms with Crippen LogP contribution in [0.1, 0.15) is 27.7 Å². The third-order valence-electron chi connectivity index (χ3n) is 1.70. The lowest BCUT2D eigenvalue weighted by molar-refractivity contribution is 0.230. The van der Waals surface area contributed by atoms with E-state index in [4.69, 9.17) is 10.9 Å². The molecule has 11 heavy (non-hydrogen) atoms. The van der Waals surface area contributed by atoms with Gasteiger partial charge in [0.05, 0.1) is 6.04 Å². The van der Waals surface area contributed by atoms with Gasteiger partial charge in [-0.15, -0.1) is 0 Å². The highest BCUT2D eigenvalue weighted by molar-refractivity contribution is 5.76. The van der Waals surface area contributed by atoms with Gasteiger partial charge >= 0.3 is 0 Å². The summed E-state index contributed by atoms with van der Waals surface area (Å²) in [7, 11) is 0. The van der Waals surface area contributed by atoms with Gasteiger partial charge in [0.15, 0.2) is 0 Å². The summed E-state index contributed by atoms with van der Waals surface area (Å²) >= 11 is 0. The van der Waals surface area contributed by atoms with Crippen LogP contribution in [0, 0.1) is 5.41 Å². The molecule has 4 nitrogen and oxygen atoms in total. The van der Waals surface area contributed by atoms with E-state index in [1.807, 2.05) is 6.92 Å². The van der Waals surface area contributed by atoms with E-state index in [0.29, 0.717) is 0 Å². The highest BCUT2D eigenvalue weighted by atomic mass is 16.5. The summed E-state index contributed by atoms with van der Waals surface area (Å²) < 4.78 is 0. The second kappa shape index (κ2) is 3.57. The first kappa shape index (κ1) is 10.2. The minimum atomic E-state index is 0.0624. The number of nitrogens with one attached hydrogen (secondary N) is 1. The van der Waals surface area contributed by atoms with E-state index in [9.17, 15) is 0 Å². The lowest BCUT2D eigenvalue weighted by Gasteiger charge is -2.23. The normalized spacial score (nSPS) is 16.3. The number of nitrogens with two attached hydrogens (primary N) is 1. The quantitative estimate of drug-likeness (QED) is 0.300. The Morgan fingerprint density at radius 2 is 2.00 bits per heavy atom. The van der Waals surface area contributed by atoms with Crippen molar-refractivity contribution < 1.29 is 5.21 Å². The van der Waals surface area contributed by atoms with Crippen LogP contribution in [0.15, 0.2) is 4.99 Å². The van der Waals surface area contributed by atoms with Crippen molar-refractivity contribution in [3.05, 3.63) is 0 Å². The minimum absolute atomic E-state index is 0.0624. The molecule has 0 rings (SSSR count). The molecule has 0 heterocycles. The molecular weight excluding hydrogens is 142 g/mol. The number of nitrogens with zero attached hydrogens (tertiary/aromatic N) is 1. The molecule has 0 aromatic rings. The molecular formula is C7H17N3O. The first-order valence-corrected chi connectivity index (χ1v) is 3.61. The van der Waals surface area contributed by atoms with Gasteiger partial charge in [-0.25, -0.2) is 10.5 Å². The van der Waals surface area contributed by atoms with Crippen LogP contribution in [0.5, 0.6) is 0 Å². The molecule has 66 valence electrons. The molecule has 0 aromatic carbocycles. The average Bonchev–Trinajstić information content (AvgIpc) is 1.85. The predicted molar refractivity (Wildman–Crippen MR) is 45.5 cm³/mol. The molecule has 0 aliphatic rings. The van der Waals surface area contributed by atoms with Crippen LogP contribution in [-0.2, 0) is 0 Å². The van der Waals surface area contributed by atoms with E-state index >= 15 is 0 Å². The second-order valence-electron chi connectivity index (χ2n) is 3.67. The molecule has 0 bridgehead atoms. The molecule has 0 radical (unpaired) electrons. The number of hydrogen-bond acceptors (Lipinski definition) is 2. The number of hydroxylamine groups is 1. The third kappa shape index (κ3) is 3.83. The Bertz CT molecular complexity index is 148. The monoisotopic (exact) mass is 159 g/mol. The molecule has 0 saturated carbocycles. The van der Waals surface area contributed by atoms with Crippen molar-refractivity contribution >= 4 is 5.96 Å². The van der Waals surface area contributed by atoms with Crippen molar-refractivity contribution in [3.8, 4) is 0 Å². The van der Waals surface area contributed by atoms with Crippen molar-refractivity contribution in [2.75, 3.05) is 0 Å². The van der Waals surface area contributed by atoms with E-state index in [1.54, 1.807) is 5.48 Å². The topological polar surface area (TPSA) is 70.6 Å². The van der Waals surface area contributed by atoms with E-state index in [-0.39, 0.29) is 17.4 Å². The molecule has 0 aliphatic heterocycles. The third-order valence-corrected chi connectivity index (χ3v) is 1.70. The Balaban J connectivity index is 4.17. The molecule has 1 atom stereocenters. The molecule has 0 spiro atoms. The lowest BCUT2D eigenvalue weighted by Crippen LogP contribution is -2.32. The van der Waals surface area contributed by atoms with Crippen LogP contribution in [0.4, 0.5) is 0 Å². The summed E-state index contributed by atoms with van der Waals surface area (Å²) in [6.07, 6.45) is 0. The molecule has 4 N–H and O–H groups in total. The molecule has 0 aromatic heterocycles. The molecule has 4 heteroatoms. The van der Waals surface area contributed by atoms with Gasteiger partial charge in [-0.1, -0.05) is 20.8 Å². The van der Waals surface area contributed by atoms with Gasteiger partial charge in [0.25, 0.3) is 0 Å². The minimum Gasteiger partial charge on any atom is -0.368 e. The van der Waals surface area contributed by atoms with Crippen LogP contribution in [0.3, 0.4) is 0 Å². The van der Waals surface area contributed by atoms with Gasteiger partial charge in [0.2, 0.25) is 5.96 Å². The number of rotatable bonds is 1. The second-order valence-corrected chi connectivity index (χ2v) is 3.67. The smallest absolute Gasteiger partial charge is 0.213 e. The van der Waals surface area contributed by atoms with Gasteiger partial charge in [0, 0.05) is 0 Å². The number of guanidine groups is 1. The van der Waals surface area contributed by atoms with Crippen molar-refractivity contribution in [1.29, 1.82) is 0 Å². The number of hydrogen-bond donors (Lipinski definition) is 3. The fourth-order valence-corrected chi connectivity index (χ4v) is 0.431. The highest BCUT2D eigenvalue weighted by Crippen LogP contribution is 2.21. The average molecular weight is 159 g/mol. The van der Waals surface area contributed by atoms with E-state index in [2.05, 4.69) is 25.8 Å². The maximum Gasteiger partial charge on any atom is 0.213 e. The fourth-order valence-electron chi connectivity index (χ4n) is 0.431. The summed E-state index contributed by atoms with van der Waals surface area (Å²) in [5.74, 6) is 0.0624. The first-order valence-electron chi connectivity index (χ1n) is 3.61. The van der Waals surface area contributed by atoms with Crippen LogP contribution in [0.2, 0.25) is 0 Å². The summed E-state index contributed by atoms with van der Waals surface area (Å²) in [5, 5.41) is 8.34. The van der Waals surface area contributed by atoms with E-state index in [1.165, 1.54) is 0 Å². The van der Waals surface area contributed by atoms with Gasteiger partial charge in [-0.3, -0.25) is 5.21 Å². The highest BCUT2D eigenvalue weighted by Gasteiger charge is 2.19. The van der Waals surface area contributed by atoms with E-state index in [0.717, 1.165) is 0 Å². The standard InChI is InChI=1S/C7H17N3O/c1-5(7(2,3)4)9-6(8)10-11/h5,11H,1-4H3,(H3,8,9,10). The number of aliphatic imine (C=N–C) groups is 1. The Kier molecular flexibility index (Phi) is 3.32. The summed E-state index contributed by atoms with van der Waals surface area (Å²) in [6, 6.07) is 0.0853. The predicted octanol–water partition coefficient (Wildman–Crippen LogP) is 0.714. The molecule has 0 saturated heterocycles. The van der Waals surface area contributed by atoms with Gasteiger partial charge in [-0.05, 0) is 12.3 Å². The Hall–Kier alpha value is -0.770. The first-order chi connectivity index (χ1) is 4.88. The van der Waals surface area contributed by atoms with E-state index < -0.39 is 0 Å². The Morgan fingerprint density at radius 1 is 1.55 bits per heavy atom. The molecule has 0 amide bonds. The fraction of sp³-hybridized carbons (Fsp3) is 0.857. The summed E-state index contributed by atoms with van der Waals surface area (Å²) in [4.78, 5) is 4.00. The van der Waals surface area contributed by atoms with Crippen molar-refractivity contribution in [1.82, 2.24) is 5.48 Å². The maximum atomic E-state index is 8.34. The lowest BCUT2D eigenvalue weighted by atomic mass is 9.89. The van der Waals surface area contributed by atoms with Gasteiger partial charge < -0.3 is 5.73 Å². The molecule has 0 fully saturated rings. The van der Waals surface area contributed by atoms with Crippen molar-refractivity contribution in [2.45, 2.75) is 33.7 Å². The van der Waals surface area contributed by atoms with Crippen LogP contribution in [0.25, 0.3) is 0 Å². The van der Waals surface area contributed by atoms with Gasteiger partial charge in [0.1, 0.15) is 0 Å². The zero-order chi connectivity index (χ0) is 9.07. The maximum absolute atomic E-state index is 8.34. The SMILES string of the molecule is CC(N=C(N)NO)C(C)(C)C. The zero-order valence-corrected chi connectivity index (χ0v) is 7.55. The van der Waals surface area contributed by atoms with Crippen molar-refractivity contribution in [3.63, 3.8) is 0 Å². The zero-order valence-electron chi connectivity index (χ0n) is 7.55. The summed E-state index contributed by atoms with van der Waals surface area (Å²) in [6.45, 7) is 8.13. The Labute approximate surface area is 67.5 Å². The largest absolute Gasteiger partial charge is 0.368 e. The van der Waals surface area contributed by atoms with Gasteiger partial charge in [-0.2, -0.15) is 0 Å². The van der Waals surface area contributed by atoms with Crippen LogP contribution < -0.4 is 11.2 Å². The van der Waals surface area contributed by atoms with Crippen LogP contribution >= 0.6 is 0 Å².